The minimum absolute atomic E-state index is 0. The van der Waals surface area contributed by atoms with E-state index in [9.17, 15) is 13.0 Å². The molecule has 0 spiro atoms. The number of allylic oxidation sites excluding steroid dienone is 2. The molecule has 0 aliphatic carbocycles. The van der Waals surface area contributed by atoms with Crippen molar-refractivity contribution in [3.8, 4) is 0 Å². The van der Waals surface area contributed by atoms with E-state index in [1.807, 2.05) is 0 Å². The summed E-state index contributed by atoms with van der Waals surface area (Å²) in [5, 5.41) is 8.92. The highest BCUT2D eigenvalue weighted by molar-refractivity contribution is 7.80. The van der Waals surface area contributed by atoms with Crippen molar-refractivity contribution in [3.05, 3.63) is 25.3 Å². The first-order chi connectivity index (χ1) is 8.42. The SMILES string of the molecule is C=CCC(CC=C)CC(CCO)COS(=O)(=O)[O-].[NH4+]. The van der Waals surface area contributed by atoms with E-state index < -0.39 is 10.4 Å². The third kappa shape index (κ3) is 12.1. The number of aliphatic hydroxyl groups excluding tert-OH is 1. The van der Waals surface area contributed by atoms with Gasteiger partial charge in [0.25, 0.3) is 0 Å². The Morgan fingerprint density at radius 1 is 1.21 bits per heavy atom. The van der Waals surface area contributed by atoms with Crippen LogP contribution < -0.4 is 6.15 Å². The third-order valence-electron chi connectivity index (χ3n) is 2.65. The molecule has 0 aliphatic rings. The van der Waals surface area contributed by atoms with Gasteiger partial charge in [0, 0.05) is 6.61 Å². The summed E-state index contributed by atoms with van der Waals surface area (Å²) < 4.78 is 35.5. The van der Waals surface area contributed by atoms with Gasteiger partial charge in [-0.15, -0.1) is 13.2 Å². The van der Waals surface area contributed by atoms with Crippen LogP contribution in [0.25, 0.3) is 0 Å². The minimum Gasteiger partial charge on any atom is -0.726 e. The van der Waals surface area contributed by atoms with Gasteiger partial charge < -0.3 is 15.8 Å². The van der Waals surface area contributed by atoms with Crippen LogP contribution in [0.3, 0.4) is 0 Å². The zero-order chi connectivity index (χ0) is 14.0. The molecule has 0 aromatic rings. The topological polar surface area (TPSA) is 123 Å². The van der Waals surface area contributed by atoms with E-state index in [1.165, 1.54) is 0 Å². The molecule has 0 saturated heterocycles. The molecule has 7 heteroatoms. The fourth-order valence-corrected chi connectivity index (χ4v) is 2.22. The largest absolute Gasteiger partial charge is 0.726 e. The second-order valence-corrected chi connectivity index (χ2v) is 5.27. The monoisotopic (exact) mass is 295 g/mol. The van der Waals surface area contributed by atoms with Crippen molar-refractivity contribution < 1.29 is 22.3 Å². The van der Waals surface area contributed by atoms with Crippen molar-refractivity contribution in [2.24, 2.45) is 11.8 Å². The summed E-state index contributed by atoms with van der Waals surface area (Å²) in [6, 6.07) is 0. The highest BCUT2D eigenvalue weighted by atomic mass is 32.3. The molecule has 114 valence electrons. The zero-order valence-electron chi connectivity index (χ0n) is 11.5. The summed E-state index contributed by atoms with van der Waals surface area (Å²) in [4.78, 5) is 0. The molecule has 0 aliphatic heterocycles. The first kappa shape index (κ1) is 20.6. The quantitative estimate of drug-likeness (QED) is 0.343. The lowest BCUT2D eigenvalue weighted by atomic mass is 9.88. The van der Waals surface area contributed by atoms with Crippen LogP contribution in [-0.2, 0) is 14.6 Å². The molecule has 6 nitrogen and oxygen atoms in total. The van der Waals surface area contributed by atoms with Crippen LogP contribution in [0.1, 0.15) is 25.7 Å². The molecule has 0 saturated carbocycles. The average Bonchev–Trinajstić information content (AvgIpc) is 2.26. The molecule has 0 heterocycles. The Bertz CT molecular complexity index is 332. The van der Waals surface area contributed by atoms with Crippen molar-refractivity contribution >= 4 is 10.4 Å². The Kier molecular flexibility index (Phi) is 12.1. The van der Waals surface area contributed by atoms with E-state index in [0.717, 1.165) is 12.8 Å². The van der Waals surface area contributed by atoms with Gasteiger partial charge in [0.15, 0.2) is 0 Å². The maximum Gasteiger partial charge on any atom is 0.217 e. The zero-order valence-corrected chi connectivity index (χ0v) is 12.3. The lowest BCUT2D eigenvalue weighted by Gasteiger charge is -2.22. The Hall–Kier alpha value is -0.730. The Labute approximate surface area is 115 Å². The Morgan fingerprint density at radius 3 is 2.11 bits per heavy atom. The fraction of sp³-hybridized carbons (Fsp3) is 0.667. The van der Waals surface area contributed by atoms with Crippen LogP contribution in [0.15, 0.2) is 25.3 Å². The molecule has 0 radical (unpaired) electrons. The summed E-state index contributed by atoms with van der Waals surface area (Å²) in [5.41, 5.74) is 0. The molecule has 0 amide bonds. The summed E-state index contributed by atoms with van der Waals surface area (Å²) in [7, 11) is -4.67. The first-order valence-corrected chi connectivity index (χ1v) is 7.19. The average molecular weight is 295 g/mol. The lowest BCUT2D eigenvalue weighted by Crippen LogP contribution is -2.18. The molecule has 19 heavy (non-hydrogen) atoms. The van der Waals surface area contributed by atoms with E-state index in [-0.39, 0.29) is 31.2 Å². The molecule has 1 atom stereocenters. The van der Waals surface area contributed by atoms with Gasteiger partial charge in [-0.2, -0.15) is 0 Å². The first-order valence-electron chi connectivity index (χ1n) is 5.85. The Balaban J connectivity index is 0. The second-order valence-electron chi connectivity index (χ2n) is 4.22. The van der Waals surface area contributed by atoms with Crippen molar-refractivity contribution in [1.82, 2.24) is 6.15 Å². The molecule has 5 N–H and O–H groups in total. The van der Waals surface area contributed by atoms with E-state index >= 15 is 0 Å². The summed E-state index contributed by atoms with van der Waals surface area (Å²) in [5.74, 6) is 0.109. The van der Waals surface area contributed by atoms with Gasteiger partial charge in [0.2, 0.25) is 10.4 Å². The molecular formula is C12H25NO5S. The van der Waals surface area contributed by atoms with E-state index in [1.54, 1.807) is 12.2 Å². The van der Waals surface area contributed by atoms with Crippen LogP contribution in [0.2, 0.25) is 0 Å². The molecular weight excluding hydrogens is 270 g/mol. The molecule has 0 bridgehead atoms. The van der Waals surface area contributed by atoms with Crippen molar-refractivity contribution in [1.29, 1.82) is 0 Å². The highest BCUT2D eigenvalue weighted by Crippen LogP contribution is 2.23. The summed E-state index contributed by atoms with van der Waals surface area (Å²) in [6.45, 7) is 7.07. The normalized spacial score (nSPS) is 12.8. The fourth-order valence-electron chi connectivity index (χ4n) is 1.86. The minimum atomic E-state index is -4.67. The maximum absolute atomic E-state index is 10.4. The van der Waals surface area contributed by atoms with Crippen molar-refractivity contribution in [2.45, 2.75) is 25.7 Å². The van der Waals surface area contributed by atoms with Crippen LogP contribution in [-0.4, -0.2) is 31.3 Å². The van der Waals surface area contributed by atoms with Gasteiger partial charge in [-0.05, 0) is 37.5 Å². The number of rotatable bonds is 11. The maximum atomic E-state index is 10.4. The standard InChI is InChI=1S/C12H22O5S.H3N/c1-3-5-11(6-4-2)9-12(7-8-13)10-17-18(14,15)16;/h3-4,11-13H,1-2,5-10H2,(H,14,15,16);1H3. The van der Waals surface area contributed by atoms with Crippen LogP contribution in [0, 0.1) is 11.8 Å². The van der Waals surface area contributed by atoms with Gasteiger partial charge in [-0.3, -0.25) is 4.18 Å². The molecule has 0 aromatic carbocycles. The number of aliphatic hydroxyl groups is 1. The molecule has 0 rings (SSSR count). The van der Waals surface area contributed by atoms with Gasteiger partial charge in [0.05, 0.1) is 6.61 Å². The van der Waals surface area contributed by atoms with E-state index in [2.05, 4.69) is 17.3 Å². The lowest BCUT2D eigenvalue weighted by molar-refractivity contribution is 0.165. The Morgan fingerprint density at radius 2 is 1.74 bits per heavy atom. The predicted molar refractivity (Wildman–Crippen MR) is 74.6 cm³/mol. The molecule has 0 fully saturated rings. The number of hydrogen-bond donors (Lipinski definition) is 2. The summed E-state index contributed by atoms with van der Waals surface area (Å²) in [6.07, 6.45) is 6.19. The smallest absolute Gasteiger partial charge is 0.217 e. The van der Waals surface area contributed by atoms with Crippen LogP contribution >= 0.6 is 0 Å². The second kappa shape index (κ2) is 11.1. The molecule has 1 unspecified atom stereocenters. The third-order valence-corrected chi connectivity index (χ3v) is 3.08. The van der Waals surface area contributed by atoms with Gasteiger partial charge in [-0.1, -0.05) is 12.2 Å². The number of quaternary nitrogens is 1. The number of hydrogen-bond acceptors (Lipinski definition) is 5. The van der Waals surface area contributed by atoms with E-state index in [0.29, 0.717) is 12.8 Å². The van der Waals surface area contributed by atoms with Gasteiger partial charge in [0.1, 0.15) is 0 Å². The molecule has 0 aromatic heterocycles. The highest BCUT2D eigenvalue weighted by Gasteiger charge is 2.16. The van der Waals surface area contributed by atoms with Crippen LogP contribution in [0.4, 0.5) is 0 Å². The predicted octanol–water partition coefficient (Wildman–Crippen LogP) is 2.00. The van der Waals surface area contributed by atoms with Gasteiger partial charge in [-0.25, -0.2) is 8.42 Å². The van der Waals surface area contributed by atoms with Crippen molar-refractivity contribution in [3.63, 3.8) is 0 Å². The summed E-state index contributed by atoms with van der Waals surface area (Å²) >= 11 is 0. The van der Waals surface area contributed by atoms with Crippen molar-refractivity contribution in [2.75, 3.05) is 13.2 Å². The van der Waals surface area contributed by atoms with Crippen LogP contribution in [0.5, 0.6) is 0 Å². The van der Waals surface area contributed by atoms with Gasteiger partial charge >= 0.3 is 0 Å². The van der Waals surface area contributed by atoms with E-state index in [4.69, 9.17) is 5.11 Å².